The van der Waals surface area contributed by atoms with Gasteiger partial charge in [-0.15, -0.1) is 0 Å². The smallest absolute Gasteiger partial charge is 0.273 e. The van der Waals surface area contributed by atoms with Gasteiger partial charge in [0.25, 0.3) is 5.69 Å². The molecule has 0 spiro atoms. The summed E-state index contributed by atoms with van der Waals surface area (Å²) in [6, 6.07) is 4.14. The molecular formula is C9H13N3O3. The Morgan fingerprint density at radius 2 is 2.33 bits per heavy atom. The zero-order valence-electron chi connectivity index (χ0n) is 8.40. The van der Waals surface area contributed by atoms with Crippen LogP contribution in [0.25, 0.3) is 0 Å². The Labute approximate surface area is 87.2 Å². The molecule has 1 aromatic carbocycles. The van der Waals surface area contributed by atoms with Crippen molar-refractivity contribution >= 4 is 11.4 Å². The highest BCUT2D eigenvalue weighted by atomic mass is 16.6. The number of nitrogens with one attached hydrogen (secondary N) is 1. The summed E-state index contributed by atoms with van der Waals surface area (Å²) in [5, 5.41) is 13.4. The van der Waals surface area contributed by atoms with Crippen LogP contribution in [0.2, 0.25) is 0 Å². The molecule has 0 atom stereocenters. The molecule has 1 rings (SSSR count). The first-order valence-corrected chi connectivity index (χ1v) is 4.46. The molecule has 0 amide bonds. The maximum Gasteiger partial charge on any atom is 0.273 e. The molecule has 0 saturated heterocycles. The molecule has 15 heavy (non-hydrogen) atoms. The van der Waals surface area contributed by atoms with Gasteiger partial charge >= 0.3 is 0 Å². The van der Waals surface area contributed by atoms with E-state index in [2.05, 4.69) is 5.32 Å². The maximum atomic E-state index is 10.5. The van der Waals surface area contributed by atoms with Crippen LogP contribution in [0.1, 0.15) is 0 Å². The molecular weight excluding hydrogens is 198 g/mol. The van der Waals surface area contributed by atoms with Crippen LogP contribution >= 0.6 is 0 Å². The number of nitrogen functional groups attached to an aromatic ring is 1. The number of hydrogen-bond acceptors (Lipinski definition) is 5. The molecule has 0 aliphatic carbocycles. The number of rotatable bonds is 5. The van der Waals surface area contributed by atoms with E-state index in [0.29, 0.717) is 24.6 Å². The van der Waals surface area contributed by atoms with Gasteiger partial charge in [0, 0.05) is 12.6 Å². The van der Waals surface area contributed by atoms with Crippen LogP contribution in [0.4, 0.5) is 11.4 Å². The predicted octanol–water partition coefficient (Wildman–Crippen LogP) is 0.775. The molecule has 0 bridgehead atoms. The number of hydrogen-bond donors (Lipinski definition) is 2. The Bertz CT molecular complexity index is 354. The summed E-state index contributed by atoms with van der Waals surface area (Å²) >= 11 is 0. The van der Waals surface area contributed by atoms with Crippen molar-refractivity contribution in [3.8, 4) is 5.75 Å². The van der Waals surface area contributed by atoms with Crippen LogP contribution in [0.5, 0.6) is 5.75 Å². The van der Waals surface area contributed by atoms with Crippen LogP contribution in [0.15, 0.2) is 18.2 Å². The van der Waals surface area contributed by atoms with Crippen molar-refractivity contribution in [2.24, 2.45) is 0 Å². The van der Waals surface area contributed by atoms with Crippen molar-refractivity contribution < 1.29 is 9.66 Å². The standard InChI is InChI=1S/C9H13N3O3/c1-11-4-5-15-9-6-7(12(13)14)2-3-8(9)10/h2-3,6,11H,4-5,10H2,1H3. The second-order valence-corrected chi connectivity index (χ2v) is 2.93. The van der Waals surface area contributed by atoms with Gasteiger partial charge in [0.1, 0.15) is 12.4 Å². The van der Waals surface area contributed by atoms with Crippen molar-refractivity contribution in [1.29, 1.82) is 0 Å². The summed E-state index contributed by atoms with van der Waals surface area (Å²) < 4.78 is 5.28. The molecule has 0 saturated carbocycles. The fraction of sp³-hybridized carbons (Fsp3) is 0.333. The number of nitrogens with two attached hydrogens (primary N) is 1. The average Bonchev–Trinajstić information content (AvgIpc) is 2.20. The molecule has 0 aliphatic heterocycles. The summed E-state index contributed by atoms with van der Waals surface area (Å²) in [4.78, 5) is 10.0. The number of anilines is 1. The highest BCUT2D eigenvalue weighted by Gasteiger charge is 2.09. The first kappa shape index (κ1) is 11.3. The molecule has 0 heterocycles. The summed E-state index contributed by atoms with van der Waals surface area (Å²) in [6.45, 7) is 1.07. The third kappa shape index (κ3) is 3.10. The minimum atomic E-state index is -0.482. The molecule has 6 nitrogen and oxygen atoms in total. The van der Waals surface area contributed by atoms with E-state index in [1.807, 2.05) is 0 Å². The highest BCUT2D eigenvalue weighted by molar-refractivity contribution is 5.57. The average molecular weight is 211 g/mol. The molecule has 0 aliphatic rings. The van der Waals surface area contributed by atoms with Gasteiger partial charge in [-0.3, -0.25) is 10.1 Å². The lowest BCUT2D eigenvalue weighted by Gasteiger charge is -2.07. The van der Waals surface area contributed by atoms with E-state index in [9.17, 15) is 10.1 Å². The number of benzene rings is 1. The lowest BCUT2D eigenvalue weighted by molar-refractivity contribution is -0.384. The third-order valence-electron chi connectivity index (χ3n) is 1.82. The van der Waals surface area contributed by atoms with Crippen LogP contribution in [0, 0.1) is 10.1 Å². The number of nitrogens with zero attached hydrogens (tertiary/aromatic N) is 1. The predicted molar refractivity (Wildman–Crippen MR) is 56.9 cm³/mol. The number of likely N-dealkylation sites (N-methyl/N-ethyl adjacent to an activating group) is 1. The van der Waals surface area contributed by atoms with E-state index < -0.39 is 4.92 Å². The lowest BCUT2D eigenvalue weighted by atomic mass is 10.2. The van der Waals surface area contributed by atoms with Crippen LogP contribution < -0.4 is 15.8 Å². The van der Waals surface area contributed by atoms with Crippen molar-refractivity contribution in [2.45, 2.75) is 0 Å². The van der Waals surface area contributed by atoms with E-state index >= 15 is 0 Å². The van der Waals surface area contributed by atoms with Crippen molar-refractivity contribution in [2.75, 3.05) is 25.9 Å². The Kier molecular flexibility index (Phi) is 3.87. The zero-order valence-corrected chi connectivity index (χ0v) is 8.40. The summed E-state index contributed by atoms with van der Waals surface area (Å²) in [6.07, 6.45) is 0. The van der Waals surface area contributed by atoms with Gasteiger partial charge < -0.3 is 15.8 Å². The molecule has 0 radical (unpaired) electrons. The van der Waals surface area contributed by atoms with Crippen molar-refractivity contribution in [3.05, 3.63) is 28.3 Å². The van der Waals surface area contributed by atoms with E-state index in [0.717, 1.165) is 0 Å². The topological polar surface area (TPSA) is 90.4 Å². The lowest BCUT2D eigenvalue weighted by Crippen LogP contribution is -2.16. The molecule has 82 valence electrons. The normalized spacial score (nSPS) is 9.93. The van der Waals surface area contributed by atoms with Gasteiger partial charge in [0.05, 0.1) is 16.7 Å². The van der Waals surface area contributed by atoms with Gasteiger partial charge in [0.2, 0.25) is 0 Å². The summed E-state index contributed by atoms with van der Waals surface area (Å²) in [5.41, 5.74) is 5.98. The Morgan fingerprint density at radius 3 is 2.93 bits per heavy atom. The monoisotopic (exact) mass is 211 g/mol. The van der Waals surface area contributed by atoms with Crippen LogP contribution in [-0.4, -0.2) is 25.1 Å². The second kappa shape index (κ2) is 5.16. The Morgan fingerprint density at radius 1 is 1.60 bits per heavy atom. The van der Waals surface area contributed by atoms with Gasteiger partial charge in [0.15, 0.2) is 0 Å². The van der Waals surface area contributed by atoms with E-state index in [4.69, 9.17) is 10.5 Å². The molecule has 6 heteroatoms. The number of non-ortho nitro benzene ring substituents is 1. The second-order valence-electron chi connectivity index (χ2n) is 2.93. The van der Waals surface area contributed by atoms with Gasteiger partial charge in [-0.05, 0) is 13.1 Å². The fourth-order valence-electron chi connectivity index (χ4n) is 1.02. The maximum absolute atomic E-state index is 10.5. The van der Waals surface area contributed by atoms with Crippen molar-refractivity contribution in [1.82, 2.24) is 5.32 Å². The Hall–Kier alpha value is -1.82. The van der Waals surface area contributed by atoms with Gasteiger partial charge in [-0.25, -0.2) is 0 Å². The zero-order chi connectivity index (χ0) is 11.3. The van der Waals surface area contributed by atoms with Gasteiger partial charge in [-0.1, -0.05) is 0 Å². The minimum Gasteiger partial charge on any atom is -0.490 e. The first-order chi connectivity index (χ1) is 7.15. The number of ether oxygens (including phenoxy) is 1. The summed E-state index contributed by atoms with van der Waals surface area (Å²) in [5.74, 6) is 0.347. The molecule has 0 fully saturated rings. The molecule has 0 unspecified atom stereocenters. The Balaban J connectivity index is 2.76. The largest absolute Gasteiger partial charge is 0.490 e. The minimum absolute atomic E-state index is 0.0244. The number of nitro benzene ring substituents is 1. The molecule has 3 N–H and O–H groups in total. The number of nitro groups is 1. The van der Waals surface area contributed by atoms with Gasteiger partial charge in [-0.2, -0.15) is 0 Å². The van der Waals surface area contributed by atoms with E-state index in [1.165, 1.54) is 18.2 Å². The first-order valence-electron chi connectivity index (χ1n) is 4.46. The summed E-state index contributed by atoms with van der Waals surface area (Å²) in [7, 11) is 1.79. The highest BCUT2D eigenvalue weighted by Crippen LogP contribution is 2.26. The van der Waals surface area contributed by atoms with Crippen LogP contribution in [0.3, 0.4) is 0 Å². The molecule has 1 aromatic rings. The van der Waals surface area contributed by atoms with Crippen molar-refractivity contribution in [3.63, 3.8) is 0 Å². The SMILES string of the molecule is CNCCOc1cc([N+](=O)[O-])ccc1N. The van der Waals surface area contributed by atoms with E-state index in [1.54, 1.807) is 7.05 Å². The van der Waals surface area contributed by atoms with Crippen LogP contribution in [-0.2, 0) is 0 Å². The quantitative estimate of drug-likeness (QED) is 0.325. The third-order valence-corrected chi connectivity index (χ3v) is 1.82. The van der Waals surface area contributed by atoms with E-state index in [-0.39, 0.29) is 5.69 Å². The fourth-order valence-corrected chi connectivity index (χ4v) is 1.02. The molecule has 0 aromatic heterocycles.